The van der Waals surface area contributed by atoms with Crippen LogP contribution in [0.15, 0.2) is 29.2 Å². The van der Waals surface area contributed by atoms with Crippen LogP contribution in [0.1, 0.15) is 21.7 Å². The molecular weight excluding hydrogens is 290 g/mol. The largest absolute Gasteiger partial charge is 0.319 e. The number of anilines is 1. The number of hydrogen-bond donors (Lipinski definition) is 1. The SMILES string of the molecule is Cc1nn(C)c(C)c1NC(=O)c1ccc(S(C)(=O)=O)cc1. The highest BCUT2D eigenvalue weighted by Crippen LogP contribution is 2.19. The Labute approximate surface area is 123 Å². The third kappa shape index (κ3) is 3.13. The molecule has 0 saturated heterocycles. The van der Waals surface area contributed by atoms with E-state index in [1.165, 1.54) is 24.3 Å². The number of rotatable bonds is 3. The van der Waals surface area contributed by atoms with Gasteiger partial charge in [-0.05, 0) is 38.1 Å². The van der Waals surface area contributed by atoms with E-state index >= 15 is 0 Å². The Morgan fingerprint density at radius 1 is 1.19 bits per heavy atom. The van der Waals surface area contributed by atoms with Crippen LogP contribution in [0, 0.1) is 13.8 Å². The predicted octanol–water partition coefficient (Wildman–Crippen LogP) is 1.69. The van der Waals surface area contributed by atoms with Crippen molar-refractivity contribution in [3.05, 3.63) is 41.2 Å². The molecule has 0 aliphatic rings. The van der Waals surface area contributed by atoms with Crippen LogP contribution in [-0.4, -0.2) is 30.4 Å². The summed E-state index contributed by atoms with van der Waals surface area (Å²) in [7, 11) is -1.45. The molecule has 1 heterocycles. The van der Waals surface area contributed by atoms with Crippen molar-refractivity contribution in [3.63, 3.8) is 0 Å². The number of nitrogens with one attached hydrogen (secondary N) is 1. The summed E-state index contributed by atoms with van der Waals surface area (Å²) in [6.07, 6.45) is 1.13. The van der Waals surface area contributed by atoms with E-state index in [2.05, 4.69) is 10.4 Å². The predicted molar refractivity (Wildman–Crippen MR) is 80.2 cm³/mol. The fourth-order valence-electron chi connectivity index (χ4n) is 1.99. The molecule has 2 aromatic rings. The van der Waals surface area contributed by atoms with Gasteiger partial charge in [0, 0.05) is 18.9 Å². The molecule has 21 heavy (non-hydrogen) atoms. The highest BCUT2D eigenvalue weighted by Gasteiger charge is 2.14. The second kappa shape index (κ2) is 5.33. The molecule has 0 unspecified atom stereocenters. The Balaban J connectivity index is 2.25. The van der Waals surface area contributed by atoms with Gasteiger partial charge in [-0.3, -0.25) is 9.48 Å². The maximum Gasteiger partial charge on any atom is 0.255 e. The van der Waals surface area contributed by atoms with Crippen molar-refractivity contribution < 1.29 is 13.2 Å². The summed E-state index contributed by atoms with van der Waals surface area (Å²) < 4.78 is 24.5. The van der Waals surface area contributed by atoms with Gasteiger partial charge in [0.25, 0.3) is 5.91 Å². The number of carbonyl (C=O) groups excluding carboxylic acids is 1. The lowest BCUT2D eigenvalue weighted by Gasteiger charge is -2.06. The third-order valence-corrected chi connectivity index (χ3v) is 4.42. The second-order valence-electron chi connectivity index (χ2n) is 4.92. The van der Waals surface area contributed by atoms with E-state index in [-0.39, 0.29) is 10.8 Å². The van der Waals surface area contributed by atoms with Gasteiger partial charge >= 0.3 is 0 Å². The van der Waals surface area contributed by atoms with Crippen molar-refractivity contribution >= 4 is 21.4 Å². The quantitative estimate of drug-likeness (QED) is 0.935. The Morgan fingerprint density at radius 2 is 1.76 bits per heavy atom. The zero-order chi connectivity index (χ0) is 15.8. The minimum Gasteiger partial charge on any atom is -0.319 e. The van der Waals surface area contributed by atoms with Crippen molar-refractivity contribution in [2.45, 2.75) is 18.7 Å². The smallest absolute Gasteiger partial charge is 0.255 e. The minimum atomic E-state index is -3.26. The number of benzene rings is 1. The zero-order valence-electron chi connectivity index (χ0n) is 12.3. The van der Waals surface area contributed by atoms with E-state index in [1.807, 2.05) is 13.8 Å². The van der Waals surface area contributed by atoms with E-state index in [1.54, 1.807) is 11.7 Å². The Morgan fingerprint density at radius 3 is 2.19 bits per heavy atom. The van der Waals surface area contributed by atoms with E-state index in [9.17, 15) is 13.2 Å². The molecule has 112 valence electrons. The molecule has 0 radical (unpaired) electrons. The summed E-state index contributed by atoms with van der Waals surface area (Å²) in [5.74, 6) is -0.297. The summed E-state index contributed by atoms with van der Waals surface area (Å²) in [5, 5.41) is 7.03. The van der Waals surface area contributed by atoms with Gasteiger partial charge in [-0.1, -0.05) is 0 Å². The lowest BCUT2D eigenvalue weighted by atomic mass is 10.2. The molecule has 0 bridgehead atoms. The van der Waals surface area contributed by atoms with Gasteiger partial charge < -0.3 is 5.32 Å². The number of hydrogen-bond acceptors (Lipinski definition) is 4. The topological polar surface area (TPSA) is 81.1 Å². The van der Waals surface area contributed by atoms with Crippen molar-refractivity contribution in [1.82, 2.24) is 9.78 Å². The molecule has 0 aliphatic carbocycles. The molecule has 0 aliphatic heterocycles. The molecule has 7 heteroatoms. The molecule has 1 aromatic heterocycles. The zero-order valence-corrected chi connectivity index (χ0v) is 13.2. The normalized spacial score (nSPS) is 11.4. The number of aromatic nitrogens is 2. The monoisotopic (exact) mass is 307 g/mol. The van der Waals surface area contributed by atoms with Crippen molar-refractivity contribution in [2.24, 2.45) is 7.05 Å². The average Bonchev–Trinajstić information content (AvgIpc) is 2.64. The average molecular weight is 307 g/mol. The Bertz CT molecular complexity index is 790. The van der Waals surface area contributed by atoms with Crippen LogP contribution in [-0.2, 0) is 16.9 Å². The standard InChI is InChI=1S/C14H17N3O3S/c1-9-13(10(2)17(3)16-9)15-14(18)11-5-7-12(8-6-11)21(4,19)20/h5-8H,1-4H3,(H,15,18). The molecule has 0 atom stereocenters. The van der Waals surface area contributed by atoms with Gasteiger partial charge in [0.15, 0.2) is 9.84 Å². The van der Waals surface area contributed by atoms with Crippen LogP contribution in [0.3, 0.4) is 0 Å². The molecule has 2 rings (SSSR count). The maximum absolute atomic E-state index is 12.2. The van der Waals surface area contributed by atoms with Gasteiger partial charge in [-0.2, -0.15) is 5.10 Å². The third-order valence-electron chi connectivity index (χ3n) is 3.29. The van der Waals surface area contributed by atoms with E-state index < -0.39 is 9.84 Å². The number of carbonyl (C=O) groups is 1. The van der Waals surface area contributed by atoms with Crippen molar-refractivity contribution in [2.75, 3.05) is 11.6 Å². The van der Waals surface area contributed by atoms with Gasteiger partial charge in [-0.15, -0.1) is 0 Å². The number of aryl methyl sites for hydroxylation is 2. The molecule has 6 nitrogen and oxygen atoms in total. The summed E-state index contributed by atoms with van der Waals surface area (Å²) >= 11 is 0. The van der Waals surface area contributed by atoms with Crippen LogP contribution in [0.4, 0.5) is 5.69 Å². The Kier molecular flexibility index (Phi) is 3.87. The van der Waals surface area contributed by atoms with Crippen LogP contribution in [0.2, 0.25) is 0 Å². The molecule has 1 N–H and O–H groups in total. The first-order valence-electron chi connectivity index (χ1n) is 6.32. The number of nitrogens with zero attached hydrogens (tertiary/aromatic N) is 2. The lowest BCUT2D eigenvalue weighted by molar-refractivity contribution is 0.102. The van der Waals surface area contributed by atoms with Crippen LogP contribution >= 0.6 is 0 Å². The highest BCUT2D eigenvalue weighted by atomic mass is 32.2. The summed E-state index contributed by atoms with van der Waals surface area (Å²) in [6.45, 7) is 3.68. The van der Waals surface area contributed by atoms with E-state index in [0.29, 0.717) is 11.3 Å². The van der Waals surface area contributed by atoms with E-state index in [0.717, 1.165) is 17.6 Å². The van der Waals surface area contributed by atoms with Crippen molar-refractivity contribution in [3.8, 4) is 0 Å². The second-order valence-corrected chi connectivity index (χ2v) is 6.94. The molecule has 0 fully saturated rings. The van der Waals surface area contributed by atoms with Gasteiger partial charge in [0.05, 0.1) is 22.0 Å². The van der Waals surface area contributed by atoms with Crippen molar-refractivity contribution in [1.29, 1.82) is 0 Å². The van der Waals surface area contributed by atoms with Crippen LogP contribution in [0.25, 0.3) is 0 Å². The van der Waals surface area contributed by atoms with Gasteiger partial charge in [0.1, 0.15) is 0 Å². The van der Waals surface area contributed by atoms with Gasteiger partial charge in [0.2, 0.25) is 0 Å². The molecular formula is C14H17N3O3S. The molecule has 0 saturated carbocycles. The molecule has 0 spiro atoms. The summed E-state index contributed by atoms with van der Waals surface area (Å²) in [4.78, 5) is 12.4. The van der Waals surface area contributed by atoms with Crippen LogP contribution < -0.4 is 5.32 Å². The van der Waals surface area contributed by atoms with Gasteiger partial charge in [-0.25, -0.2) is 8.42 Å². The highest BCUT2D eigenvalue weighted by molar-refractivity contribution is 7.90. The van der Waals surface area contributed by atoms with E-state index in [4.69, 9.17) is 0 Å². The molecule has 1 amide bonds. The first-order chi connectivity index (χ1) is 9.70. The number of sulfone groups is 1. The summed E-state index contributed by atoms with van der Waals surface area (Å²) in [5.41, 5.74) is 2.66. The first kappa shape index (κ1) is 15.2. The lowest BCUT2D eigenvalue weighted by Crippen LogP contribution is -2.13. The Hall–Kier alpha value is -2.15. The fraction of sp³-hybridized carbons (Fsp3) is 0.286. The molecule has 1 aromatic carbocycles. The minimum absolute atomic E-state index is 0.188. The van der Waals surface area contributed by atoms with Crippen LogP contribution in [0.5, 0.6) is 0 Å². The fourth-order valence-corrected chi connectivity index (χ4v) is 2.62. The maximum atomic E-state index is 12.2. The first-order valence-corrected chi connectivity index (χ1v) is 8.21. The summed E-state index contributed by atoms with van der Waals surface area (Å²) in [6, 6.07) is 5.83. The number of amides is 1.